The van der Waals surface area contributed by atoms with Crippen LogP contribution in [0.15, 0.2) is 77.9 Å². The Morgan fingerprint density at radius 2 is 1.39 bits per heavy atom. The molecule has 9 heteroatoms. The predicted molar refractivity (Wildman–Crippen MR) is 122 cm³/mol. The van der Waals surface area contributed by atoms with Gasteiger partial charge in [0.15, 0.2) is 0 Å². The second-order valence-electron chi connectivity index (χ2n) is 6.15. The zero-order chi connectivity index (χ0) is 22.2. The first-order valence-corrected chi connectivity index (χ1v) is 9.75. The molecule has 0 unspecified atom stereocenters. The molecule has 156 valence electrons. The number of benzene rings is 3. The summed E-state index contributed by atoms with van der Waals surface area (Å²) >= 11 is 12.0. The molecule has 3 rings (SSSR count). The van der Waals surface area contributed by atoms with Crippen LogP contribution < -0.4 is 16.1 Å². The minimum Gasteiger partial charge on any atom is -0.322 e. The maximum absolute atomic E-state index is 12.6. The van der Waals surface area contributed by atoms with Crippen molar-refractivity contribution < 1.29 is 14.4 Å². The number of rotatable bonds is 5. The van der Waals surface area contributed by atoms with Crippen LogP contribution in [0.5, 0.6) is 0 Å². The fraction of sp³-hybridized carbons (Fsp3) is 0. The highest BCUT2D eigenvalue weighted by atomic mass is 35.5. The molecular formula is C22H16Cl2N4O3. The number of nitrogens with one attached hydrogen (secondary N) is 3. The number of hydrogen-bond acceptors (Lipinski definition) is 4. The summed E-state index contributed by atoms with van der Waals surface area (Å²) < 4.78 is 0. The minimum atomic E-state index is -1.03. The van der Waals surface area contributed by atoms with Crippen LogP contribution >= 0.6 is 23.2 Å². The summed E-state index contributed by atoms with van der Waals surface area (Å²) in [5.74, 6) is -2.46. The van der Waals surface area contributed by atoms with Crippen molar-refractivity contribution in [3.63, 3.8) is 0 Å². The number of amides is 3. The van der Waals surface area contributed by atoms with E-state index in [-0.39, 0.29) is 11.3 Å². The number of carbonyl (C=O) groups excluding carboxylic acids is 3. The molecule has 3 aromatic rings. The van der Waals surface area contributed by atoms with E-state index in [4.69, 9.17) is 23.2 Å². The van der Waals surface area contributed by atoms with Gasteiger partial charge in [-0.1, -0.05) is 59.6 Å². The highest BCUT2D eigenvalue weighted by Crippen LogP contribution is 2.22. The zero-order valence-electron chi connectivity index (χ0n) is 15.9. The van der Waals surface area contributed by atoms with Crippen molar-refractivity contribution >= 4 is 58.5 Å². The topological polar surface area (TPSA) is 99.7 Å². The van der Waals surface area contributed by atoms with Gasteiger partial charge in [0, 0.05) is 11.3 Å². The van der Waals surface area contributed by atoms with Crippen molar-refractivity contribution in [3.05, 3.63) is 94.0 Å². The van der Waals surface area contributed by atoms with E-state index < -0.39 is 17.7 Å². The molecule has 0 aromatic heterocycles. The van der Waals surface area contributed by atoms with Crippen LogP contribution in [0.25, 0.3) is 0 Å². The molecule has 0 heterocycles. The third-order valence-electron chi connectivity index (χ3n) is 4.02. The van der Waals surface area contributed by atoms with Gasteiger partial charge in [-0.05, 0) is 36.4 Å². The van der Waals surface area contributed by atoms with E-state index in [1.807, 2.05) is 6.07 Å². The van der Waals surface area contributed by atoms with Crippen molar-refractivity contribution in [1.82, 2.24) is 5.43 Å². The van der Waals surface area contributed by atoms with Gasteiger partial charge in [-0.3, -0.25) is 14.4 Å². The molecule has 0 aliphatic heterocycles. The van der Waals surface area contributed by atoms with Gasteiger partial charge in [0.1, 0.15) is 0 Å². The molecule has 31 heavy (non-hydrogen) atoms. The lowest BCUT2D eigenvalue weighted by Crippen LogP contribution is -2.33. The number of hydrazone groups is 1. The number of nitrogens with zero attached hydrogens (tertiary/aromatic N) is 1. The van der Waals surface area contributed by atoms with Crippen LogP contribution in [0.4, 0.5) is 11.4 Å². The third kappa shape index (κ3) is 5.91. The molecule has 3 amide bonds. The largest absolute Gasteiger partial charge is 0.329 e. The van der Waals surface area contributed by atoms with Crippen molar-refractivity contribution in [2.45, 2.75) is 0 Å². The average molecular weight is 455 g/mol. The van der Waals surface area contributed by atoms with Crippen LogP contribution in [-0.4, -0.2) is 23.9 Å². The molecule has 0 radical (unpaired) electrons. The number of hydrogen-bond donors (Lipinski definition) is 3. The molecule has 0 spiro atoms. The van der Waals surface area contributed by atoms with E-state index in [0.29, 0.717) is 21.3 Å². The Hall–Kier alpha value is -3.68. The first-order valence-electron chi connectivity index (χ1n) is 8.99. The molecule has 0 bridgehead atoms. The monoisotopic (exact) mass is 454 g/mol. The standard InChI is InChI=1S/C22H16Cl2N4O3/c23-17-10-6-11-18(24)16(17)13-25-28-22(31)21(30)27-19-12-5-4-9-15(19)20(29)26-14-7-2-1-3-8-14/h1-13H,(H,26,29)(H,27,30)(H,28,31)/b25-13-. The van der Waals surface area contributed by atoms with E-state index in [9.17, 15) is 14.4 Å². The van der Waals surface area contributed by atoms with Crippen LogP contribution in [-0.2, 0) is 9.59 Å². The molecule has 3 aromatic carbocycles. The van der Waals surface area contributed by atoms with Crippen LogP contribution in [0.3, 0.4) is 0 Å². The van der Waals surface area contributed by atoms with Crippen molar-refractivity contribution in [2.75, 3.05) is 10.6 Å². The highest BCUT2D eigenvalue weighted by molar-refractivity contribution is 6.40. The maximum atomic E-state index is 12.6. The summed E-state index contributed by atoms with van der Waals surface area (Å²) in [7, 11) is 0. The summed E-state index contributed by atoms with van der Waals surface area (Å²) in [5.41, 5.74) is 3.46. The van der Waals surface area contributed by atoms with E-state index in [1.54, 1.807) is 54.6 Å². The van der Waals surface area contributed by atoms with E-state index in [2.05, 4.69) is 21.2 Å². The Kier molecular flexibility index (Phi) is 7.37. The number of anilines is 2. The van der Waals surface area contributed by atoms with Crippen molar-refractivity contribution in [2.24, 2.45) is 5.10 Å². The summed E-state index contributed by atoms with van der Waals surface area (Å²) in [6, 6.07) is 20.1. The lowest BCUT2D eigenvalue weighted by molar-refractivity contribution is -0.136. The van der Waals surface area contributed by atoms with Crippen LogP contribution in [0, 0.1) is 0 Å². The molecule has 7 nitrogen and oxygen atoms in total. The van der Waals surface area contributed by atoms with E-state index in [0.717, 1.165) is 0 Å². The van der Waals surface area contributed by atoms with Gasteiger partial charge in [-0.15, -0.1) is 0 Å². The second-order valence-corrected chi connectivity index (χ2v) is 6.97. The lowest BCUT2D eigenvalue weighted by atomic mass is 10.1. The SMILES string of the molecule is O=C(N/N=C\c1c(Cl)cccc1Cl)C(=O)Nc1ccccc1C(=O)Nc1ccccc1. The smallest absolute Gasteiger partial charge is 0.322 e. The number of halogens is 2. The lowest BCUT2D eigenvalue weighted by Gasteiger charge is -2.11. The summed E-state index contributed by atoms with van der Waals surface area (Å²) in [6.45, 7) is 0. The van der Waals surface area contributed by atoms with Gasteiger partial charge in [0.25, 0.3) is 5.91 Å². The zero-order valence-corrected chi connectivity index (χ0v) is 17.4. The van der Waals surface area contributed by atoms with Crippen molar-refractivity contribution in [1.29, 1.82) is 0 Å². The molecular weight excluding hydrogens is 439 g/mol. The van der Waals surface area contributed by atoms with Gasteiger partial charge in [0.2, 0.25) is 0 Å². The molecule has 0 saturated carbocycles. The maximum Gasteiger partial charge on any atom is 0.329 e. The minimum absolute atomic E-state index is 0.175. The Morgan fingerprint density at radius 3 is 2.10 bits per heavy atom. The summed E-state index contributed by atoms with van der Waals surface area (Å²) in [5, 5.41) is 9.52. The molecule has 3 N–H and O–H groups in total. The molecule has 0 saturated heterocycles. The van der Waals surface area contributed by atoms with Crippen molar-refractivity contribution in [3.8, 4) is 0 Å². The quantitative estimate of drug-likeness (QED) is 0.303. The molecule has 0 atom stereocenters. The molecule has 0 aliphatic rings. The first-order chi connectivity index (χ1) is 15.0. The van der Waals surface area contributed by atoms with Gasteiger partial charge >= 0.3 is 11.8 Å². The Balaban J connectivity index is 1.65. The average Bonchev–Trinajstić information content (AvgIpc) is 2.76. The van der Waals surface area contributed by atoms with E-state index in [1.165, 1.54) is 18.3 Å². The number of carbonyl (C=O) groups is 3. The van der Waals surface area contributed by atoms with Crippen LogP contribution in [0.1, 0.15) is 15.9 Å². The Morgan fingerprint density at radius 1 is 0.742 bits per heavy atom. The molecule has 0 aliphatic carbocycles. The van der Waals surface area contributed by atoms with Gasteiger partial charge in [-0.25, -0.2) is 5.43 Å². The summed E-state index contributed by atoms with van der Waals surface area (Å²) in [4.78, 5) is 36.9. The van der Waals surface area contributed by atoms with Crippen LogP contribution in [0.2, 0.25) is 10.0 Å². The fourth-order valence-electron chi connectivity index (χ4n) is 2.53. The third-order valence-corrected chi connectivity index (χ3v) is 4.68. The molecule has 0 fully saturated rings. The van der Waals surface area contributed by atoms with Gasteiger partial charge in [-0.2, -0.15) is 5.10 Å². The fourth-order valence-corrected chi connectivity index (χ4v) is 3.02. The predicted octanol–water partition coefficient (Wildman–Crippen LogP) is 4.33. The first kappa shape index (κ1) is 22.0. The summed E-state index contributed by atoms with van der Waals surface area (Å²) in [6.07, 6.45) is 1.23. The number of para-hydroxylation sites is 2. The van der Waals surface area contributed by atoms with E-state index >= 15 is 0 Å². The van der Waals surface area contributed by atoms with Gasteiger partial charge in [0.05, 0.1) is 27.5 Å². The normalized spacial score (nSPS) is 10.5. The van der Waals surface area contributed by atoms with Gasteiger partial charge < -0.3 is 10.6 Å². The second kappa shape index (κ2) is 10.4. The highest BCUT2D eigenvalue weighted by Gasteiger charge is 2.17. The Bertz CT molecular complexity index is 1130. The Labute approximate surface area is 188 Å².